The van der Waals surface area contributed by atoms with Gasteiger partial charge in [0.05, 0.1) is 12.0 Å². The zero-order chi connectivity index (χ0) is 13.1. The van der Waals surface area contributed by atoms with E-state index in [1.165, 1.54) is 0 Å². The van der Waals surface area contributed by atoms with Gasteiger partial charge in [0.25, 0.3) is 0 Å². The van der Waals surface area contributed by atoms with Crippen LogP contribution in [-0.4, -0.2) is 59.0 Å². The SMILES string of the molecule is CCC(=O)N1CCC(C(=O)N2CCCC(O)C2)C1. The molecule has 2 heterocycles. The predicted molar refractivity (Wildman–Crippen MR) is 66.8 cm³/mol. The molecule has 0 bridgehead atoms. The Balaban J connectivity index is 1.88. The summed E-state index contributed by atoms with van der Waals surface area (Å²) in [5, 5.41) is 9.59. The van der Waals surface area contributed by atoms with Crippen molar-refractivity contribution in [3.8, 4) is 0 Å². The van der Waals surface area contributed by atoms with E-state index in [9.17, 15) is 14.7 Å². The van der Waals surface area contributed by atoms with Gasteiger partial charge in [0.1, 0.15) is 0 Å². The van der Waals surface area contributed by atoms with Crippen molar-refractivity contribution in [1.82, 2.24) is 9.80 Å². The number of likely N-dealkylation sites (tertiary alicyclic amines) is 2. The molecular formula is C13H22N2O3. The minimum atomic E-state index is -0.377. The Labute approximate surface area is 108 Å². The number of aliphatic hydroxyl groups is 1. The van der Waals surface area contributed by atoms with E-state index in [1.807, 2.05) is 6.92 Å². The Morgan fingerprint density at radius 1 is 1.17 bits per heavy atom. The van der Waals surface area contributed by atoms with E-state index < -0.39 is 0 Å². The molecule has 0 aromatic rings. The molecule has 2 atom stereocenters. The van der Waals surface area contributed by atoms with Crippen molar-refractivity contribution in [2.75, 3.05) is 26.2 Å². The Bertz CT molecular complexity index is 332. The summed E-state index contributed by atoms with van der Waals surface area (Å²) < 4.78 is 0. The number of hydrogen-bond acceptors (Lipinski definition) is 3. The highest BCUT2D eigenvalue weighted by molar-refractivity contribution is 5.82. The number of rotatable bonds is 2. The molecule has 2 aliphatic rings. The summed E-state index contributed by atoms with van der Waals surface area (Å²) in [4.78, 5) is 27.4. The Morgan fingerprint density at radius 3 is 2.61 bits per heavy atom. The molecule has 1 N–H and O–H groups in total. The van der Waals surface area contributed by atoms with Crippen LogP contribution in [0.5, 0.6) is 0 Å². The van der Waals surface area contributed by atoms with Gasteiger partial charge < -0.3 is 14.9 Å². The van der Waals surface area contributed by atoms with Crippen molar-refractivity contribution < 1.29 is 14.7 Å². The van der Waals surface area contributed by atoms with Crippen molar-refractivity contribution in [3.05, 3.63) is 0 Å². The second kappa shape index (κ2) is 5.69. The Morgan fingerprint density at radius 2 is 1.94 bits per heavy atom. The van der Waals surface area contributed by atoms with Crippen LogP contribution in [0.1, 0.15) is 32.6 Å². The van der Waals surface area contributed by atoms with Crippen LogP contribution >= 0.6 is 0 Å². The highest BCUT2D eigenvalue weighted by atomic mass is 16.3. The summed E-state index contributed by atoms with van der Waals surface area (Å²) in [6.45, 7) is 4.29. The molecule has 2 unspecified atom stereocenters. The average Bonchev–Trinajstić information content (AvgIpc) is 2.86. The van der Waals surface area contributed by atoms with Gasteiger partial charge in [-0.05, 0) is 19.3 Å². The number of β-amino-alcohol motifs (C(OH)–C–C–N with tert-alkyl or cyclic N) is 1. The lowest BCUT2D eigenvalue weighted by Crippen LogP contribution is -2.45. The van der Waals surface area contributed by atoms with Gasteiger partial charge in [0.2, 0.25) is 11.8 Å². The maximum absolute atomic E-state index is 12.3. The molecule has 0 aromatic carbocycles. The molecule has 0 aromatic heterocycles. The van der Waals surface area contributed by atoms with Gasteiger partial charge >= 0.3 is 0 Å². The monoisotopic (exact) mass is 254 g/mol. The number of hydrogen-bond donors (Lipinski definition) is 1. The fourth-order valence-electron chi connectivity index (χ4n) is 2.83. The lowest BCUT2D eigenvalue weighted by Gasteiger charge is -2.32. The molecule has 2 saturated heterocycles. The highest BCUT2D eigenvalue weighted by Crippen LogP contribution is 2.21. The molecule has 2 amide bonds. The first-order chi connectivity index (χ1) is 8.61. The maximum atomic E-state index is 12.3. The standard InChI is InChI=1S/C13H22N2O3/c1-2-12(17)14-7-5-10(8-14)13(18)15-6-3-4-11(16)9-15/h10-11,16H,2-9H2,1H3. The van der Waals surface area contributed by atoms with Crippen LogP contribution < -0.4 is 0 Å². The third-order valence-electron chi connectivity index (χ3n) is 3.90. The molecular weight excluding hydrogens is 232 g/mol. The third kappa shape index (κ3) is 2.83. The third-order valence-corrected chi connectivity index (χ3v) is 3.90. The fraction of sp³-hybridized carbons (Fsp3) is 0.846. The smallest absolute Gasteiger partial charge is 0.227 e. The molecule has 0 radical (unpaired) electrons. The van der Waals surface area contributed by atoms with Crippen molar-refractivity contribution in [2.24, 2.45) is 5.92 Å². The molecule has 5 nitrogen and oxygen atoms in total. The molecule has 0 saturated carbocycles. The predicted octanol–water partition coefficient (Wildman–Crippen LogP) is 0.228. The van der Waals surface area contributed by atoms with Crippen LogP contribution in [0.15, 0.2) is 0 Å². The Hall–Kier alpha value is -1.10. The van der Waals surface area contributed by atoms with Gasteiger partial charge in [-0.1, -0.05) is 6.92 Å². The normalized spacial score (nSPS) is 28.6. The molecule has 18 heavy (non-hydrogen) atoms. The number of amides is 2. The van der Waals surface area contributed by atoms with Gasteiger partial charge in [-0.25, -0.2) is 0 Å². The van der Waals surface area contributed by atoms with Gasteiger partial charge in [0.15, 0.2) is 0 Å². The maximum Gasteiger partial charge on any atom is 0.227 e. The molecule has 5 heteroatoms. The summed E-state index contributed by atoms with van der Waals surface area (Å²) in [6.07, 6.45) is 2.55. The minimum Gasteiger partial charge on any atom is -0.391 e. The first-order valence-corrected chi connectivity index (χ1v) is 6.86. The second-order valence-corrected chi connectivity index (χ2v) is 5.26. The van der Waals surface area contributed by atoms with Gasteiger partial charge in [-0.2, -0.15) is 0 Å². The number of aliphatic hydroxyl groups excluding tert-OH is 1. The van der Waals surface area contributed by atoms with Crippen molar-refractivity contribution >= 4 is 11.8 Å². The summed E-state index contributed by atoms with van der Waals surface area (Å²) in [6, 6.07) is 0. The molecule has 0 aliphatic carbocycles. The zero-order valence-electron chi connectivity index (χ0n) is 11.0. The van der Waals surface area contributed by atoms with Crippen LogP contribution in [0.4, 0.5) is 0 Å². The molecule has 2 rings (SSSR count). The lowest BCUT2D eigenvalue weighted by molar-refractivity contribution is -0.138. The lowest BCUT2D eigenvalue weighted by atomic mass is 10.0. The molecule has 2 fully saturated rings. The average molecular weight is 254 g/mol. The van der Waals surface area contributed by atoms with Crippen LogP contribution in [-0.2, 0) is 9.59 Å². The zero-order valence-corrected chi connectivity index (χ0v) is 11.0. The Kier molecular flexibility index (Phi) is 4.22. The van der Waals surface area contributed by atoms with E-state index in [1.54, 1.807) is 9.80 Å². The number of carbonyl (C=O) groups is 2. The quantitative estimate of drug-likeness (QED) is 0.767. The van der Waals surface area contributed by atoms with Gasteiger partial charge in [-0.3, -0.25) is 9.59 Å². The fourth-order valence-corrected chi connectivity index (χ4v) is 2.83. The summed E-state index contributed by atoms with van der Waals surface area (Å²) in [5.41, 5.74) is 0. The van der Waals surface area contributed by atoms with Crippen molar-refractivity contribution in [3.63, 3.8) is 0 Å². The number of piperidine rings is 1. The summed E-state index contributed by atoms with van der Waals surface area (Å²) >= 11 is 0. The first kappa shape index (κ1) is 13.3. The summed E-state index contributed by atoms with van der Waals surface area (Å²) in [7, 11) is 0. The van der Waals surface area contributed by atoms with E-state index in [4.69, 9.17) is 0 Å². The van der Waals surface area contributed by atoms with E-state index in [0.29, 0.717) is 26.1 Å². The van der Waals surface area contributed by atoms with Gasteiger partial charge in [0, 0.05) is 32.6 Å². The highest BCUT2D eigenvalue weighted by Gasteiger charge is 2.34. The number of carbonyl (C=O) groups excluding carboxylic acids is 2. The van der Waals surface area contributed by atoms with E-state index in [2.05, 4.69) is 0 Å². The van der Waals surface area contributed by atoms with Crippen molar-refractivity contribution in [1.29, 1.82) is 0 Å². The second-order valence-electron chi connectivity index (χ2n) is 5.26. The first-order valence-electron chi connectivity index (χ1n) is 6.86. The van der Waals surface area contributed by atoms with Crippen LogP contribution in [0.3, 0.4) is 0 Å². The molecule has 102 valence electrons. The van der Waals surface area contributed by atoms with Crippen LogP contribution in [0.2, 0.25) is 0 Å². The van der Waals surface area contributed by atoms with Crippen molar-refractivity contribution in [2.45, 2.75) is 38.7 Å². The number of nitrogens with zero attached hydrogens (tertiary/aromatic N) is 2. The minimum absolute atomic E-state index is 0.0641. The van der Waals surface area contributed by atoms with Crippen LogP contribution in [0, 0.1) is 5.92 Å². The van der Waals surface area contributed by atoms with E-state index in [0.717, 1.165) is 25.8 Å². The van der Waals surface area contributed by atoms with E-state index >= 15 is 0 Å². The van der Waals surface area contributed by atoms with Gasteiger partial charge in [-0.15, -0.1) is 0 Å². The molecule has 2 aliphatic heterocycles. The topological polar surface area (TPSA) is 60.9 Å². The van der Waals surface area contributed by atoms with E-state index in [-0.39, 0.29) is 23.8 Å². The molecule has 0 spiro atoms. The van der Waals surface area contributed by atoms with Crippen LogP contribution in [0.25, 0.3) is 0 Å². The largest absolute Gasteiger partial charge is 0.391 e. The summed E-state index contributed by atoms with van der Waals surface area (Å²) in [5.74, 6) is 0.176.